The predicted octanol–water partition coefficient (Wildman–Crippen LogP) is 4.91. The quantitative estimate of drug-likeness (QED) is 0.136. The van der Waals surface area contributed by atoms with Crippen molar-refractivity contribution in [1.29, 1.82) is 0 Å². The van der Waals surface area contributed by atoms with E-state index in [2.05, 4.69) is 25.3 Å². The summed E-state index contributed by atoms with van der Waals surface area (Å²) in [6, 6.07) is 0. The molecule has 0 amide bonds. The standard InChI is InChI=1S/C22H38N2O4S4/c1-8-23(9-2)20(29)31-16-15-28-19(26)22(7,32-21(30)24(10-3)11-4)13-12-14-27-18(25)17(5)6/h5,8-16H2,1-4,6-7H3. The number of esters is 2. The third-order valence-electron chi connectivity index (χ3n) is 4.71. The SMILES string of the molecule is C=C(C)C(=O)OCCCC(C)(SC(=S)N(CC)CC)C(=O)OCCSC(=S)N(CC)CC. The maximum absolute atomic E-state index is 13.0. The molecule has 1 unspecified atom stereocenters. The number of hydrogen-bond donors (Lipinski definition) is 0. The highest BCUT2D eigenvalue weighted by molar-refractivity contribution is 8.24. The van der Waals surface area contributed by atoms with Crippen molar-refractivity contribution < 1.29 is 19.1 Å². The highest BCUT2D eigenvalue weighted by Crippen LogP contribution is 2.34. The molecule has 0 saturated heterocycles. The van der Waals surface area contributed by atoms with Gasteiger partial charge in [-0.05, 0) is 54.4 Å². The van der Waals surface area contributed by atoms with E-state index in [1.165, 1.54) is 23.5 Å². The summed E-state index contributed by atoms with van der Waals surface area (Å²) >= 11 is 13.9. The zero-order valence-electron chi connectivity index (χ0n) is 20.2. The van der Waals surface area contributed by atoms with Crippen LogP contribution in [0, 0.1) is 0 Å². The molecule has 0 aromatic rings. The molecular weight excluding hydrogens is 485 g/mol. The molecule has 1 atom stereocenters. The normalized spacial score (nSPS) is 12.4. The van der Waals surface area contributed by atoms with Gasteiger partial charge in [-0.25, -0.2) is 4.79 Å². The number of rotatable bonds is 14. The summed E-state index contributed by atoms with van der Waals surface area (Å²) in [5, 5.41) is 0. The molecule has 0 aromatic carbocycles. The van der Waals surface area contributed by atoms with E-state index in [-0.39, 0.29) is 19.2 Å². The van der Waals surface area contributed by atoms with Gasteiger partial charge in [0, 0.05) is 37.5 Å². The van der Waals surface area contributed by atoms with Crippen molar-refractivity contribution in [3.8, 4) is 0 Å². The van der Waals surface area contributed by atoms with Crippen molar-refractivity contribution in [3.05, 3.63) is 12.2 Å². The summed E-state index contributed by atoms with van der Waals surface area (Å²) in [6.07, 6.45) is 0.978. The Balaban J connectivity index is 4.97. The van der Waals surface area contributed by atoms with Crippen LogP contribution in [0.3, 0.4) is 0 Å². The fourth-order valence-corrected chi connectivity index (χ4v) is 5.88. The van der Waals surface area contributed by atoms with Crippen LogP contribution in [0.5, 0.6) is 0 Å². The van der Waals surface area contributed by atoms with Gasteiger partial charge in [0.15, 0.2) is 0 Å². The molecule has 6 nitrogen and oxygen atoms in total. The Bertz CT molecular complexity index is 652. The molecule has 0 radical (unpaired) electrons. The topological polar surface area (TPSA) is 59.1 Å². The predicted molar refractivity (Wildman–Crippen MR) is 145 cm³/mol. The fourth-order valence-electron chi connectivity index (χ4n) is 2.62. The Morgan fingerprint density at radius 3 is 1.97 bits per heavy atom. The van der Waals surface area contributed by atoms with Crippen LogP contribution in [0.4, 0.5) is 0 Å². The van der Waals surface area contributed by atoms with Crippen LogP contribution in [0.15, 0.2) is 12.2 Å². The van der Waals surface area contributed by atoms with E-state index in [4.69, 9.17) is 33.9 Å². The van der Waals surface area contributed by atoms with Crippen molar-refractivity contribution in [3.63, 3.8) is 0 Å². The second kappa shape index (κ2) is 16.7. The molecule has 32 heavy (non-hydrogen) atoms. The van der Waals surface area contributed by atoms with Gasteiger partial charge in [0.05, 0.1) is 6.61 Å². The number of hydrogen-bond acceptors (Lipinski definition) is 8. The van der Waals surface area contributed by atoms with E-state index in [0.717, 1.165) is 30.5 Å². The molecule has 0 rings (SSSR count). The number of nitrogens with zero attached hydrogens (tertiary/aromatic N) is 2. The Hall–Kier alpha value is -0.840. The Morgan fingerprint density at radius 2 is 1.47 bits per heavy atom. The Labute approximate surface area is 213 Å². The molecule has 0 heterocycles. The lowest BCUT2D eigenvalue weighted by Gasteiger charge is -2.30. The van der Waals surface area contributed by atoms with Gasteiger partial charge in [-0.3, -0.25) is 4.79 Å². The summed E-state index contributed by atoms with van der Waals surface area (Å²) in [7, 11) is 0. The fraction of sp³-hybridized carbons (Fsp3) is 0.727. The first-order valence-electron chi connectivity index (χ1n) is 11.0. The first kappa shape index (κ1) is 31.2. The van der Waals surface area contributed by atoms with E-state index < -0.39 is 10.7 Å². The van der Waals surface area contributed by atoms with Crippen LogP contribution in [0.2, 0.25) is 0 Å². The number of carbonyl (C=O) groups excluding carboxylic acids is 2. The van der Waals surface area contributed by atoms with Gasteiger partial charge in [0.25, 0.3) is 0 Å². The number of thioether (sulfide) groups is 2. The van der Waals surface area contributed by atoms with Crippen molar-refractivity contribution in [1.82, 2.24) is 9.80 Å². The molecule has 10 heteroatoms. The molecule has 0 fully saturated rings. The van der Waals surface area contributed by atoms with Crippen molar-refractivity contribution in [2.75, 3.05) is 45.1 Å². The highest BCUT2D eigenvalue weighted by atomic mass is 32.2. The average molecular weight is 523 g/mol. The molecule has 0 aromatic heterocycles. The lowest BCUT2D eigenvalue weighted by atomic mass is 10.1. The maximum atomic E-state index is 13.0. The first-order valence-corrected chi connectivity index (χ1v) is 13.6. The smallest absolute Gasteiger partial charge is 0.333 e. The van der Waals surface area contributed by atoms with Gasteiger partial charge >= 0.3 is 11.9 Å². The molecule has 0 bridgehead atoms. The van der Waals surface area contributed by atoms with Crippen molar-refractivity contribution in [2.45, 2.75) is 59.1 Å². The number of thiocarbonyl (C=S) groups is 2. The summed E-state index contributed by atoms with van der Waals surface area (Å²) in [4.78, 5) is 28.8. The van der Waals surface area contributed by atoms with Gasteiger partial charge in [-0.15, -0.1) is 0 Å². The van der Waals surface area contributed by atoms with Gasteiger partial charge in [-0.2, -0.15) is 0 Å². The number of ether oxygens (including phenoxy) is 2. The summed E-state index contributed by atoms with van der Waals surface area (Å²) in [5.41, 5.74) is 0.351. The van der Waals surface area contributed by atoms with Crippen LogP contribution in [-0.2, 0) is 19.1 Å². The molecule has 0 saturated carbocycles. The van der Waals surface area contributed by atoms with Crippen LogP contribution in [0.1, 0.15) is 54.4 Å². The van der Waals surface area contributed by atoms with Crippen LogP contribution >= 0.6 is 48.0 Å². The minimum absolute atomic E-state index is 0.209. The Morgan fingerprint density at radius 1 is 0.938 bits per heavy atom. The van der Waals surface area contributed by atoms with Crippen LogP contribution < -0.4 is 0 Å². The minimum atomic E-state index is -0.876. The monoisotopic (exact) mass is 522 g/mol. The average Bonchev–Trinajstić information content (AvgIpc) is 2.75. The van der Waals surface area contributed by atoms with Gasteiger partial charge in [0.1, 0.15) is 20.0 Å². The molecule has 0 spiro atoms. The zero-order valence-corrected chi connectivity index (χ0v) is 23.5. The molecule has 184 valence electrons. The molecule has 0 aliphatic rings. The zero-order chi connectivity index (χ0) is 24.7. The number of carbonyl (C=O) groups is 2. The van der Waals surface area contributed by atoms with Crippen molar-refractivity contribution >= 4 is 68.5 Å². The van der Waals surface area contributed by atoms with E-state index in [1.807, 2.05) is 25.7 Å². The lowest BCUT2D eigenvalue weighted by molar-refractivity contribution is -0.145. The minimum Gasteiger partial charge on any atom is -0.464 e. The Kier molecular flexibility index (Phi) is 16.3. The molecule has 0 N–H and O–H groups in total. The van der Waals surface area contributed by atoms with Gasteiger partial charge in [-0.1, -0.05) is 54.5 Å². The second-order valence-electron chi connectivity index (χ2n) is 7.21. The van der Waals surface area contributed by atoms with E-state index >= 15 is 0 Å². The highest BCUT2D eigenvalue weighted by Gasteiger charge is 2.37. The van der Waals surface area contributed by atoms with Crippen LogP contribution in [0.25, 0.3) is 0 Å². The van der Waals surface area contributed by atoms with Crippen LogP contribution in [-0.4, -0.2) is 80.3 Å². The molecule has 0 aliphatic carbocycles. The maximum Gasteiger partial charge on any atom is 0.333 e. The van der Waals surface area contributed by atoms with E-state index in [1.54, 1.807) is 6.92 Å². The third-order valence-corrected chi connectivity index (χ3v) is 7.96. The second-order valence-corrected chi connectivity index (χ2v) is 11.1. The molecule has 0 aliphatic heterocycles. The van der Waals surface area contributed by atoms with E-state index in [0.29, 0.717) is 28.5 Å². The van der Waals surface area contributed by atoms with Gasteiger partial charge < -0.3 is 19.3 Å². The van der Waals surface area contributed by atoms with Gasteiger partial charge in [0.2, 0.25) is 0 Å². The largest absolute Gasteiger partial charge is 0.464 e. The third kappa shape index (κ3) is 11.3. The summed E-state index contributed by atoms with van der Waals surface area (Å²) in [5.74, 6) is -0.155. The lowest BCUT2D eigenvalue weighted by Crippen LogP contribution is -2.39. The summed E-state index contributed by atoms with van der Waals surface area (Å²) in [6.45, 7) is 18.9. The van der Waals surface area contributed by atoms with E-state index in [9.17, 15) is 9.59 Å². The van der Waals surface area contributed by atoms with Crippen molar-refractivity contribution in [2.24, 2.45) is 0 Å². The first-order chi connectivity index (χ1) is 15.1. The summed E-state index contributed by atoms with van der Waals surface area (Å²) < 4.78 is 11.4. The molecular formula is C22H38N2O4S4.